The summed E-state index contributed by atoms with van der Waals surface area (Å²) in [6.07, 6.45) is 3.95. The fourth-order valence-electron chi connectivity index (χ4n) is 3.55. The summed E-state index contributed by atoms with van der Waals surface area (Å²) in [5.41, 5.74) is 0.827. The first-order valence-corrected chi connectivity index (χ1v) is 11.0. The van der Waals surface area contributed by atoms with Crippen molar-refractivity contribution >= 4 is 27.6 Å². The second-order valence-electron chi connectivity index (χ2n) is 7.32. The molecule has 0 spiro atoms. The van der Waals surface area contributed by atoms with E-state index >= 15 is 0 Å². The molecule has 28 heavy (non-hydrogen) atoms. The van der Waals surface area contributed by atoms with Crippen molar-refractivity contribution in [1.29, 1.82) is 0 Å². The lowest BCUT2D eigenvalue weighted by atomic mass is 10.1. The summed E-state index contributed by atoms with van der Waals surface area (Å²) < 4.78 is 31.3. The zero-order valence-electron chi connectivity index (χ0n) is 16.4. The monoisotopic (exact) mass is 409 g/mol. The standard InChI is InChI=1S/C19H27N3O5S/c1-20(2)28(25,26)15-7-8-17(21-9-3-4-10-21)16(13-15)19(24)27-14-18(23)22-11-5-6-12-22/h7-8,13H,3-6,9-12,14H2,1-2H3. The van der Waals surface area contributed by atoms with E-state index in [1.165, 1.54) is 26.2 Å². The van der Waals surface area contributed by atoms with Crippen molar-refractivity contribution in [2.24, 2.45) is 0 Å². The third-order valence-corrected chi connectivity index (χ3v) is 7.01. The molecule has 0 aromatic heterocycles. The fraction of sp³-hybridized carbons (Fsp3) is 0.579. The van der Waals surface area contributed by atoms with E-state index in [2.05, 4.69) is 0 Å². The Morgan fingerprint density at radius 1 is 1.04 bits per heavy atom. The molecule has 0 bridgehead atoms. The van der Waals surface area contributed by atoms with Crippen LogP contribution in [-0.2, 0) is 19.6 Å². The van der Waals surface area contributed by atoms with E-state index in [1.807, 2.05) is 4.90 Å². The van der Waals surface area contributed by atoms with Crippen molar-refractivity contribution in [1.82, 2.24) is 9.21 Å². The van der Waals surface area contributed by atoms with Crippen LogP contribution >= 0.6 is 0 Å². The zero-order valence-corrected chi connectivity index (χ0v) is 17.2. The number of nitrogens with zero attached hydrogens (tertiary/aromatic N) is 3. The molecular formula is C19H27N3O5S. The molecular weight excluding hydrogens is 382 g/mol. The summed E-state index contributed by atoms with van der Waals surface area (Å²) in [6.45, 7) is 2.64. The lowest BCUT2D eigenvalue weighted by molar-refractivity contribution is -0.133. The average molecular weight is 410 g/mol. The summed E-state index contributed by atoms with van der Waals surface area (Å²) >= 11 is 0. The van der Waals surface area contributed by atoms with Crippen LogP contribution in [0.5, 0.6) is 0 Å². The van der Waals surface area contributed by atoms with Gasteiger partial charge >= 0.3 is 5.97 Å². The molecule has 0 unspecified atom stereocenters. The number of hydrogen-bond acceptors (Lipinski definition) is 6. The number of carbonyl (C=O) groups excluding carboxylic acids is 2. The van der Waals surface area contributed by atoms with Crippen LogP contribution in [-0.4, -0.2) is 76.4 Å². The van der Waals surface area contributed by atoms with Crippen LogP contribution in [0.3, 0.4) is 0 Å². The maximum absolute atomic E-state index is 12.8. The Kier molecular flexibility index (Phi) is 6.24. The molecule has 2 saturated heterocycles. The Balaban J connectivity index is 1.84. The number of benzene rings is 1. The topological polar surface area (TPSA) is 87.2 Å². The van der Waals surface area contributed by atoms with Gasteiger partial charge in [0.2, 0.25) is 10.0 Å². The molecule has 0 aliphatic carbocycles. The van der Waals surface area contributed by atoms with Gasteiger partial charge in [-0.2, -0.15) is 0 Å². The number of amides is 1. The minimum Gasteiger partial charge on any atom is -0.452 e. The van der Waals surface area contributed by atoms with Crippen LogP contribution < -0.4 is 4.90 Å². The molecule has 2 aliphatic heterocycles. The Hall–Kier alpha value is -2.13. The Labute approximate surface area is 166 Å². The van der Waals surface area contributed by atoms with Gasteiger partial charge in [0.1, 0.15) is 0 Å². The van der Waals surface area contributed by atoms with Gasteiger partial charge in [0.25, 0.3) is 5.91 Å². The number of likely N-dealkylation sites (tertiary alicyclic amines) is 1. The lowest BCUT2D eigenvalue weighted by Crippen LogP contribution is -2.32. The van der Waals surface area contributed by atoms with Gasteiger partial charge in [-0.05, 0) is 43.9 Å². The molecule has 0 atom stereocenters. The molecule has 0 radical (unpaired) electrons. The highest BCUT2D eigenvalue weighted by molar-refractivity contribution is 7.89. The maximum Gasteiger partial charge on any atom is 0.340 e. The first-order valence-electron chi connectivity index (χ1n) is 9.57. The second-order valence-corrected chi connectivity index (χ2v) is 9.48. The van der Waals surface area contributed by atoms with Gasteiger partial charge in [-0.25, -0.2) is 17.5 Å². The number of sulfonamides is 1. The predicted molar refractivity (Wildman–Crippen MR) is 105 cm³/mol. The summed E-state index contributed by atoms with van der Waals surface area (Å²) in [6, 6.07) is 4.52. The Morgan fingerprint density at radius 2 is 1.64 bits per heavy atom. The van der Waals surface area contributed by atoms with Crippen LogP contribution in [0, 0.1) is 0 Å². The van der Waals surface area contributed by atoms with Gasteiger partial charge in [-0.1, -0.05) is 0 Å². The van der Waals surface area contributed by atoms with Crippen LogP contribution in [0.4, 0.5) is 5.69 Å². The van der Waals surface area contributed by atoms with Crippen LogP contribution in [0.25, 0.3) is 0 Å². The van der Waals surface area contributed by atoms with Crippen molar-refractivity contribution in [3.05, 3.63) is 23.8 Å². The fourth-order valence-corrected chi connectivity index (χ4v) is 4.47. The minimum atomic E-state index is -3.69. The zero-order chi connectivity index (χ0) is 20.3. The number of ether oxygens (including phenoxy) is 1. The quantitative estimate of drug-likeness (QED) is 0.659. The third-order valence-electron chi connectivity index (χ3n) is 5.20. The molecule has 0 saturated carbocycles. The first-order chi connectivity index (χ1) is 13.3. The van der Waals surface area contributed by atoms with E-state index in [0.29, 0.717) is 18.8 Å². The Bertz CT molecular complexity index is 841. The normalized spacial score (nSPS) is 17.4. The maximum atomic E-state index is 12.8. The van der Waals surface area contributed by atoms with Gasteiger partial charge in [-0.3, -0.25) is 4.79 Å². The smallest absolute Gasteiger partial charge is 0.340 e. The molecule has 0 N–H and O–H groups in total. The van der Waals surface area contributed by atoms with E-state index in [1.54, 1.807) is 11.0 Å². The summed E-state index contributed by atoms with van der Waals surface area (Å²) in [4.78, 5) is 28.7. The average Bonchev–Trinajstić information content (AvgIpc) is 3.39. The molecule has 1 amide bonds. The molecule has 2 heterocycles. The Morgan fingerprint density at radius 3 is 2.25 bits per heavy atom. The molecule has 8 nitrogen and oxygen atoms in total. The number of esters is 1. The summed E-state index contributed by atoms with van der Waals surface area (Å²) in [7, 11) is -0.804. The van der Waals surface area contributed by atoms with Crippen molar-refractivity contribution in [2.45, 2.75) is 30.6 Å². The molecule has 9 heteroatoms. The van der Waals surface area contributed by atoms with Gasteiger partial charge in [0.05, 0.1) is 16.1 Å². The second kappa shape index (κ2) is 8.48. The minimum absolute atomic E-state index is 0.0262. The van der Waals surface area contributed by atoms with Crippen molar-refractivity contribution in [3.8, 4) is 0 Å². The van der Waals surface area contributed by atoms with Crippen LogP contribution in [0.15, 0.2) is 23.1 Å². The molecule has 2 aliphatic rings. The number of carbonyl (C=O) groups is 2. The molecule has 3 rings (SSSR count). The third kappa shape index (κ3) is 4.30. The van der Waals surface area contributed by atoms with Crippen LogP contribution in [0.2, 0.25) is 0 Å². The number of anilines is 1. The molecule has 1 aromatic carbocycles. The van der Waals surface area contributed by atoms with Crippen molar-refractivity contribution < 1.29 is 22.7 Å². The number of rotatable bonds is 6. The summed E-state index contributed by atoms with van der Waals surface area (Å²) in [5, 5.41) is 0. The first kappa shape index (κ1) is 20.6. The molecule has 154 valence electrons. The van der Waals surface area contributed by atoms with E-state index in [9.17, 15) is 18.0 Å². The SMILES string of the molecule is CN(C)S(=O)(=O)c1ccc(N2CCCC2)c(C(=O)OCC(=O)N2CCCC2)c1. The van der Waals surface area contributed by atoms with E-state index < -0.39 is 16.0 Å². The van der Waals surface area contributed by atoms with E-state index in [4.69, 9.17) is 4.74 Å². The van der Waals surface area contributed by atoms with Crippen molar-refractivity contribution in [3.63, 3.8) is 0 Å². The van der Waals surface area contributed by atoms with Gasteiger partial charge in [0.15, 0.2) is 6.61 Å². The van der Waals surface area contributed by atoms with E-state index in [0.717, 1.165) is 43.1 Å². The summed E-state index contributed by atoms with van der Waals surface area (Å²) in [5.74, 6) is -0.893. The molecule has 1 aromatic rings. The number of hydrogen-bond donors (Lipinski definition) is 0. The van der Waals surface area contributed by atoms with Gasteiger partial charge in [0, 0.05) is 40.3 Å². The largest absolute Gasteiger partial charge is 0.452 e. The predicted octanol–water partition coefficient (Wildman–Crippen LogP) is 1.32. The van der Waals surface area contributed by atoms with E-state index in [-0.39, 0.29) is 23.0 Å². The highest BCUT2D eigenvalue weighted by Crippen LogP contribution is 2.28. The van der Waals surface area contributed by atoms with Gasteiger partial charge in [-0.15, -0.1) is 0 Å². The molecule has 2 fully saturated rings. The highest BCUT2D eigenvalue weighted by Gasteiger charge is 2.26. The van der Waals surface area contributed by atoms with Crippen LogP contribution in [0.1, 0.15) is 36.0 Å². The lowest BCUT2D eigenvalue weighted by Gasteiger charge is -2.22. The highest BCUT2D eigenvalue weighted by atomic mass is 32.2. The van der Waals surface area contributed by atoms with Crippen molar-refractivity contribution in [2.75, 3.05) is 51.8 Å². The van der Waals surface area contributed by atoms with Gasteiger partial charge < -0.3 is 14.5 Å².